The fourth-order valence-corrected chi connectivity index (χ4v) is 2.91. The molecule has 1 saturated carbocycles. The van der Waals surface area contributed by atoms with E-state index >= 15 is 0 Å². The number of hydrogen-bond acceptors (Lipinski definition) is 1. The average Bonchev–Trinajstić information content (AvgIpc) is 2.78. The highest BCUT2D eigenvalue weighted by Gasteiger charge is 2.22. The Bertz CT molecular complexity index is 359. The third-order valence-corrected chi connectivity index (χ3v) is 4.35. The van der Waals surface area contributed by atoms with Gasteiger partial charge in [-0.3, -0.25) is 0 Å². The van der Waals surface area contributed by atoms with E-state index in [1.54, 1.807) is 0 Å². The minimum Gasteiger partial charge on any atom is -0.327 e. The normalized spacial score (nSPS) is 18.9. The SMILES string of the molecule is NC(Cc1cccc(Cl)c1Cl)C1CCCC1. The smallest absolute Gasteiger partial charge is 0.0624 e. The largest absolute Gasteiger partial charge is 0.327 e. The molecule has 1 aromatic carbocycles. The quantitative estimate of drug-likeness (QED) is 0.869. The minimum atomic E-state index is 0.221. The molecule has 0 aromatic heterocycles. The predicted molar refractivity (Wildman–Crippen MR) is 70.1 cm³/mol. The molecule has 3 heteroatoms. The van der Waals surface area contributed by atoms with Crippen LogP contribution in [0, 0.1) is 5.92 Å². The lowest BCUT2D eigenvalue weighted by atomic mass is 9.93. The van der Waals surface area contributed by atoms with Gasteiger partial charge in [0.2, 0.25) is 0 Å². The van der Waals surface area contributed by atoms with Gasteiger partial charge in [-0.1, -0.05) is 48.2 Å². The van der Waals surface area contributed by atoms with Crippen LogP contribution >= 0.6 is 23.2 Å². The van der Waals surface area contributed by atoms with Crippen LogP contribution in [0.2, 0.25) is 10.0 Å². The first kappa shape index (κ1) is 12.2. The van der Waals surface area contributed by atoms with Gasteiger partial charge in [0.15, 0.2) is 0 Å². The molecule has 0 amide bonds. The van der Waals surface area contributed by atoms with E-state index in [1.165, 1.54) is 25.7 Å². The Morgan fingerprint density at radius 2 is 1.94 bits per heavy atom. The maximum absolute atomic E-state index is 6.23. The van der Waals surface area contributed by atoms with Gasteiger partial charge in [-0.2, -0.15) is 0 Å². The van der Waals surface area contributed by atoms with Gasteiger partial charge in [0.25, 0.3) is 0 Å². The lowest BCUT2D eigenvalue weighted by molar-refractivity contribution is 0.429. The van der Waals surface area contributed by atoms with E-state index in [4.69, 9.17) is 28.9 Å². The zero-order valence-electron chi connectivity index (χ0n) is 9.26. The molecule has 0 saturated heterocycles. The first-order chi connectivity index (χ1) is 7.68. The van der Waals surface area contributed by atoms with Crippen molar-refractivity contribution in [3.8, 4) is 0 Å². The third kappa shape index (κ3) is 2.71. The summed E-state index contributed by atoms with van der Waals surface area (Å²) in [6.45, 7) is 0. The average molecular weight is 258 g/mol. The van der Waals surface area contributed by atoms with E-state index in [9.17, 15) is 0 Å². The second-order valence-corrected chi connectivity index (χ2v) is 5.41. The maximum atomic E-state index is 6.23. The number of rotatable bonds is 3. The molecular formula is C13H17Cl2N. The molecule has 0 aliphatic heterocycles. The van der Waals surface area contributed by atoms with Crippen LogP contribution in [0.15, 0.2) is 18.2 Å². The van der Waals surface area contributed by atoms with Gasteiger partial charge in [-0.15, -0.1) is 0 Å². The first-order valence-electron chi connectivity index (χ1n) is 5.87. The van der Waals surface area contributed by atoms with Crippen LogP contribution in [0.5, 0.6) is 0 Å². The monoisotopic (exact) mass is 257 g/mol. The molecule has 1 nitrogen and oxygen atoms in total. The van der Waals surface area contributed by atoms with Gasteiger partial charge < -0.3 is 5.73 Å². The fourth-order valence-electron chi connectivity index (χ4n) is 2.51. The van der Waals surface area contributed by atoms with Crippen molar-refractivity contribution in [1.29, 1.82) is 0 Å². The van der Waals surface area contributed by atoms with Gasteiger partial charge >= 0.3 is 0 Å². The predicted octanol–water partition coefficient (Wildman–Crippen LogP) is 4.05. The van der Waals surface area contributed by atoms with E-state index in [-0.39, 0.29) is 6.04 Å². The summed E-state index contributed by atoms with van der Waals surface area (Å²) in [4.78, 5) is 0. The Hall–Kier alpha value is -0.240. The van der Waals surface area contributed by atoms with Gasteiger partial charge in [-0.05, 0) is 36.8 Å². The van der Waals surface area contributed by atoms with Crippen LogP contribution in [0.1, 0.15) is 31.2 Å². The van der Waals surface area contributed by atoms with Crippen LogP contribution in [-0.4, -0.2) is 6.04 Å². The zero-order valence-corrected chi connectivity index (χ0v) is 10.8. The summed E-state index contributed by atoms with van der Waals surface area (Å²) in [5.74, 6) is 0.662. The number of nitrogens with two attached hydrogens (primary N) is 1. The molecule has 16 heavy (non-hydrogen) atoms. The van der Waals surface area contributed by atoms with Crippen molar-refractivity contribution in [2.45, 2.75) is 38.1 Å². The molecular weight excluding hydrogens is 241 g/mol. The Balaban J connectivity index is 2.05. The van der Waals surface area contributed by atoms with Crippen molar-refractivity contribution >= 4 is 23.2 Å². The van der Waals surface area contributed by atoms with Crippen molar-refractivity contribution in [2.75, 3.05) is 0 Å². The van der Waals surface area contributed by atoms with E-state index < -0.39 is 0 Å². The molecule has 0 heterocycles. The molecule has 0 bridgehead atoms. The highest BCUT2D eigenvalue weighted by atomic mass is 35.5. The summed E-state index contributed by atoms with van der Waals surface area (Å²) < 4.78 is 0. The fraction of sp³-hybridized carbons (Fsp3) is 0.538. The minimum absolute atomic E-state index is 0.221. The van der Waals surface area contributed by atoms with Crippen molar-refractivity contribution in [3.63, 3.8) is 0 Å². The second kappa shape index (κ2) is 5.39. The highest BCUT2D eigenvalue weighted by Crippen LogP contribution is 2.31. The van der Waals surface area contributed by atoms with Gasteiger partial charge in [0, 0.05) is 6.04 Å². The highest BCUT2D eigenvalue weighted by molar-refractivity contribution is 6.42. The molecule has 0 spiro atoms. The molecule has 2 N–H and O–H groups in total. The third-order valence-electron chi connectivity index (χ3n) is 3.49. The summed E-state index contributed by atoms with van der Waals surface area (Å²) in [5.41, 5.74) is 7.31. The molecule has 1 fully saturated rings. The molecule has 0 radical (unpaired) electrons. The Morgan fingerprint density at radius 3 is 2.62 bits per heavy atom. The molecule has 1 aromatic rings. The van der Waals surface area contributed by atoms with E-state index in [0.29, 0.717) is 16.0 Å². The number of hydrogen-bond donors (Lipinski definition) is 1. The number of halogens is 2. The van der Waals surface area contributed by atoms with E-state index in [1.807, 2.05) is 18.2 Å². The number of benzene rings is 1. The van der Waals surface area contributed by atoms with Gasteiger partial charge in [-0.25, -0.2) is 0 Å². The molecule has 2 rings (SSSR count). The molecule has 1 atom stereocenters. The van der Waals surface area contributed by atoms with Gasteiger partial charge in [0.05, 0.1) is 10.0 Å². The molecule has 1 aliphatic carbocycles. The summed E-state index contributed by atoms with van der Waals surface area (Å²) >= 11 is 12.1. The summed E-state index contributed by atoms with van der Waals surface area (Å²) in [6, 6.07) is 5.99. The van der Waals surface area contributed by atoms with Crippen molar-refractivity contribution in [2.24, 2.45) is 11.7 Å². The van der Waals surface area contributed by atoms with Crippen LogP contribution in [-0.2, 0) is 6.42 Å². The van der Waals surface area contributed by atoms with Crippen molar-refractivity contribution in [3.05, 3.63) is 33.8 Å². The first-order valence-corrected chi connectivity index (χ1v) is 6.62. The van der Waals surface area contributed by atoms with Crippen LogP contribution < -0.4 is 5.73 Å². The maximum Gasteiger partial charge on any atom is 0.0624 e. The molecule has 88 valence electrons. The summed E-state index contributed by atoms with van der Waals surface area (Å²) in [7, 11) is 0. The lowest BCUT2D eigenvalue weighted by Gasteiger charge is -2.19. The van der Waals surface area contributed by atoms with E-state index in [0.717, 1.165) is 12.0 Å². The lowest BCUT2D eigenvalue weighted by Crippen LogP contribution is -2.30. The molecule has 1 unspecified atom stereocenters. The molecule has 1 aliphatic rings. The van der Waals surface area contributed by atoms with Crippen molar-refractivity contribution < 1.29 is 0 Å². The topological polar surface area (TPSA) is 26.0 Å². The van der Waals surface area contributed by atoms with Crippen LogP contribution in [0.3, 0.4) is 0 Å². The summed E-state index contributed by atoms with van der Waals surface area (Å²) in [6.07, 6.45) is 6.01. The van der Waals surface area contributed by atoms with Gasteiger partial charge in [0.1, 0.15) is 0 Å². The second-order valence-electron chi connectivity index (χ2n) is 4.63. The van der Waals surface area contributed by atoms with Crippen LogP contribution in [0.25, 0.3) is 0 Å². The Morgan fingerprint density at radius 1 is 1.25 bits per heavy atom. The zero-order chi connectivity index (χ0) is 11.5. The Kier molecular flexibility index (Phi) is 4.12. The Labute approximate surface area is 107 Å². The van der Waals surface area contributed by atoms with Crippen molar-refractivity contribution in [1.82, 2.24) is 0 Å². The standard InChI is InChI=1S/C13H17Cl2N/c14-11-7-3-6-10(13(11)15)8-12(16)9-4-1-2-5-9/h3,6-7,9,12H,1-2,4-5,8,16H2. The van der Waals surface area contributed by atoms with Crippen LogP contribution in [0.4, 0.5) is 0 Å². The summed E-state index contributed by atoms with van der Waals surface area (Å²) in [5, 5.41) is 1.29. The van der Waals surface area contributed by atoms with E-state index in [2.05, 4.69) is 0 Å².